The van der Waals surface area contributed by atoms with Gasteiger partial charge in [0.15, 0.2) is 5.78 Å². The Kier molecular flexibility index (Phi) is 3.27. The second kappa shape index (κ2) is 5.15. The topological polar surface area (TPSA) is 36.1 Å². The van der Waals surface area contributed by atoms with Crippen molar-refractivity contribution in [3.05, 3.63) is 34.5 Å². The highest BCUT2D eigenvalue weighted by Gasteiger charge is 2.34. The number of likely N-dealkylation sites (tertiary alicyclic amines) is 1. The van der Waals surface area contributed by atoms with Gasteiger partial charge in [0.05, 0.1) is 16.6 Å². The zero-order chi connectivity index (χ0) is 14.4. The van der Waals surface area contributed by atoms with Crippen LogP contribution in [-0.2, 0) is 6.42 Å². The molecular formula is C17H19ClN2O. The number of fused-ring (bicyclic) bond motifs is 3. The molecule has 1 fully saturated rings. The molecule has 1 N–H and O–H groups in total. The van der Waals surface area contributed by atoms with Crippen molar-refractivity contribution in [1.82, 2.24) is 9.88 Å². The van der Waals surface area contributed by atoms with Gasteiger partial charge in [0.1, 0.15) is 0 Å². The van der Waals surface area contributed by atoms with Crippen molar-refractivity contribution in [2.75, 3.05) is 13.1 Å². The van der Waals surface area contributed by atoms with E-state index in [-0.39, 0.29) is 11.8 Å². The average Bonchev–Trinajstić information content (AvgIpc) is 2.89. The lowest BCUT2D eigenvalue weighted by atomic mass is 9.88. The maximum absolute atomic E-state index is 13.0. The molecular weight excluding hydrogens is 284 g/mol. The highest BCUT2D eigenvalue weighted by Crippen LogP contribution is 2.34. The van der Waals surface area contributed by atoms with E-state index in [9.17, 15) is 4.79 Å². The SMILES string of the molecule is O=C1c2c([nH]c3c(Cl)cccc23)CCC1N1CCCCC1. The summed E-state index contributed by atoms with van der Waals surface area (Å²) in [5, 5.41) is 1.69. The van der Waals surface area contributed by atoms with Gasteiger partial charge in [0.2, 0.25) is 0 Å². The maximum atomic E-state index is 13.0. The fraction of sp³-hybridized carbons (Fsp3) is 0.471. The van der Waals surface area contributed by atoms with Crippen LogP contribution in [0.2, 0.25) is 5.02 Å². The number of piperidine rings is 1. The summed E-state index contributed by atoms with van der Waals surface area (Å²) in [5.74, 6) is 0.284. The maximum Gasteiger partial charge on any atom is 0.182 e. The monoisotopic (exact) mass is 302 g/mol. The van der Waals surface area contributed by atoms with Crippen LogP contribution >= 0.6 is 11.6 Å². The van der Waals surface area contributed by atoms with Gasteiger partial charge in [-0.2, -0.15) is 0 Å². The molecule has 110 valence electrons. The minimum Gasteiger partial charge on any atom is -0.357 e. The van der Waals surface area contributed by atoms with Gasteiger partial charge in [-0.25, -0.2) is 0 Å². The van der Waals surface area contributed by atoms with E-state index < -0.39 is 0 Å². The lowest BCUT2D eigenvalue weighted by molar-refractivity contribution is 0.0754. The van der Waals surface area contributed by atoms with Crippen LogP contribution in [0.5, 0.6) is 0 Å². The zero-order valence-corrected chi connectivity index (χ0v) is 12.7. The molecule has 21 heavy (non-hydrogen) atoms. The summed E-state index contributed by atoms with van der Waals surface area (Å²) in [5.41, 5.74) is 2.86. The average molecular weight is 303 g/mol. The Balaban J connectivity index is 1.76. The van der Waals surface area contributed by atoms with Gasteiger partial charge in [0, 0.05) is 16.6 Å². The number of nitrogens with one attached hydrogen (secondary N) is 1. The number of benzene rings is 1. The second-order valence-corrected chi connectivity index (χ2v) is 6.56. The van der Waals surface area contributed by atoms with Crippen molar-refractivity contribution in [1.29, 1.82) is 0 Å². The molecule has 1 aliphatic carbocycles. The first-order valence-electron chi connectivity index (χ1n) is 7.83. The number of aromatic nitrogens is 1. The highest BCUT2D eigenvalue weighted by molar-refractivity contribution is 6.35. The third-order valence-electron chi connectivity index (χ3n) is 4.91. The predicted octanol–water partition coefficient (Wildman–Crippen LogP) is 3.80. The number of halogens is 1. The van der Waals surface area contributed by atoms with Gasteiger partial charge in [-0.3, -0.25) is 9.69 Å². The normalized spacial score (nSPS) is 23.5. The van der Waals surface area contributed by atoms with Gasteiger partial charge in [-0.15, -0.1) is 0 Å². The number of hydrogen-bond acceptors (Lipinski definition) is 2. The van der Waals surface area contributed by atoms with Gasteiger partial charge in [-0.05, 0) is 44.8 Å². The Morgan fingerprint density at radius 2 is 2.00 bits per heavy atom. The number of H-pyrrole nitrogens is 1. The van der Waals surface area contributed by atoms with E-state index in [1.54, 1.807) is 0 Å². The van der Waals surface area contributed by atoms with Gasteiger partial charge in [0.25, 0.3) is 0 Å². The van der Waals surface area contributed by atoms with E-state index in [4.69, 9.17) is 11.6 Å². The van der Waals surface area contributed by atoms with Gasteiger partial charge < -0.3 is 4.98 Å². The first kappa shape index (κ1) is 13.4. The summed E-state index contributed by atoms with van der Waals surface area (Å²) >= 11 is 6.26. The molecule has 4 rings (SSSR count). The molecule has 0 amide bonds. The third-order valence-corrected chi connectivity index (χ3v) is 5.22. The molecule has 0 radical (unpaired) electrons. The molecule has 3 nitrogen and oxygen atoms in total. The number of carbonyl (C=O) groups is 1. The van der Waals surface area contributed by atoms with Gasteiger partial charge in [-0.1, -0.05) is 30.2 Å². The van der Waals surface area contributed by atoms with E-state index in [0.717, 1.165) is 48.1 Å². The van der Waals surface area contributed by atoms with E-state index in [0.29, 0.717) is 5.02 Å². The highest BCUT2D eigenvalue weighted by atomic mass is 35.5. The van der Waals surface area contributed by atoms with Crippen LogP contribution in [0.1, 0.15) is 41.7 Å². The molecule has 0 saturated carbocycles. The molecule has 1 aliphatic heterocycles. The lowest BCUT2D eigenvalue weighted by Gasteiger charge is -2.35. The molecule has 2 heterocycles. The molecule has 1 aromatic heterocycles. The van der Waals surface area contributed by atoms with Crippen LogP contribution < -0.4 is 0 Å². The van der Waals surface area contributed by atoms with Crippen molar-refractivity contribution in [3.8, 4) is 0 Å². The number of aromatic amines is 1. The molecule has 1 atom stereocenters. The van der Waals surface area contributed by atoms with Crippen LogP contribution in [0, 0.1) is 0 Å². The van der Waals surface area contributed by atoms with Crippen molar-refractivity contribution in [2.45, 2.75) is 38.1 Å². The number of nitrogens with zero attached hydrogens (tertiary/aromatic N) is 1. The number of hydrogen-bond donors (Lipinski definition) is 1. The molecule has 4 heteroatoms. The van der Waals surface area contributed by atoms with Crippen LogP contribution in [0.15, 0.2) is 18.2 Å². The second-order valence-electron chi connectivity index (χ2n) is 6.16. The fourth-order valence-corrected chi connectivity index (χ4v) is 4.08. The van der Waals surface area contributed by atoms with Crippen molar-refractivity contribution in [2.24, 2.45) is 0 Å². The van der Waals surface area contributed by atoms with Crippen LogP contribution in [0.4, 0.5) is 0 Å². The minimum absolute atomic E-state index is 0.0655. The van der Waals surface area contributed by atoms with Crippen LogP contribution in [0.25, 0.3) is 10.9 Å². The Morgan fingerprint density at radius 1 is 1.19 bits per heavy atom. The van der Waals surface area contributed by atoms with Crippen LogP contribution in [-0.4, -0.2) is 34.8 Å². The molecule has 0 spiro atoms. The number of Topliss-reactive ketones (excluding diaryl/α,β-unsaturated/α-hetero) is 1. The fourth-order valence-electron chi connectivity index (χ4n) is 3.86. The molecule has 1 unspecified atom stereocenters. The number of ketones is 1. The van der Waals surface area contributed by atoms with Crippen molar-refractivity contribution >= 4 is 28.3 Å². The number of carbonyl (C=O) groups excluding carboxylic acids is 1. The summed E-state index contributed by atoms with van der Waals surface area (Å²) in [7, 11) is 0. The largest absolute Gasteiger partial charge is 0.357 e. The number of para-hydroxylation sites is 1. The minimum atomic E-state index is 0.0655. The lowest BCUT2D eigenvalue weighted by Crippen LogP contribution is -2.46. The predicted molar refractivity (Wildman–Crippen MR) is 85.2 cm³/mol. The quantitative estimate of drug-likeness (QED) is 0.869. The molecule has 2 aromatic rings. The molecule has 0 bridgehead atoms. The third kappa shape index (κ3) is 2.11. The van der Waals surface area contributed by atoms with Crippen molar-refractivity contribution < 1.29 is 4.79 Å². The van der Waals surface area contributed by atoms with E-state index in [1.807, 2.05) is 18.2 Å². The Bertz CT molecular complexity index is 700. The summed E-state index contributed by atoms with van der Waals surface area (Å²) in [6.07, 6.45) is 5.60. The Hall–Kier alpha value is -1.32. The van der Waals surface area contributed by atoms with Crippen LogP contribution in [0.3, 0.4) is 0 Å². The van der Waals surface area contributed by atoms with E-state index in [1.165, 1.54) is 19.3 Å². The first-order valence-corrected chi connectivity index (χ1v) is 8.21. The Morgan fingerprint density at radius 3 is 2.81 bits per heavy atom. The van der Waals surface area contributed by atoms with Gasteiger partial charge >= 0.3 is 0 Å². The van der Waals surface area contributed by atoms with E-state index >= 15 is 0 Å². The summed E-state index contributed by atoms with van der Waals surface area (Å²) in [4.78, 5) is 18.8. The molecule has 1 aromatic carbocycles. The Labute approximate surface area is 129 Å². The summed E-state index contributed by atoms with van der Waals surface area (Å²) < 4.78 is 0. The zero-order valence-electron chi connectivity index (χ0n) is 12.0. The standard InChI is InChI=1S/C17H19ClN2O/c18-12-6-4-5-11-15-13(19-16(11)12)7-8-14(17(15)21)20-9-2-1-3-10-20/h4-6,14,19H,1-3,7-10H2. The summed E-state index contributed by atoms with van der Waals surface area (Å²) in [6, 6.07) is 5.87. The first-order chi connectivity index (χ1) is 10.3. The smallest absolute Gasteiger partial charge is 0.182 e. The number of rotatable bonds is 1. The van der Waals surface area contributed by atoms with Crippen molar-refractivity contribution in [3.63, 3.8) is 0 Å². The summed E-state index contributed by atoms with van der Waals surface area (Å²) in [6.45, 7) is 2.13. The number of aryl methyl sites for hydroxylation is 1. The molecule has 2 aliphatic rings. The van der Waals surface area contributed by atoms with E-state index in [2.05, 4.69) is 9.88 Å². The molecule has 1 saturated heterocycles.